The van der Waals surface area contributed by atoms with Gasteiger partial charge in [-0.25, -0.2) is 8.42 Å². The number of benzene rings is 3. The average Bonchev–Trinajstić information content (AvgIpc) is 2.70. The number of carbonyl (C=O) groups excluding carboxylic acids is 1. The van der Waals surface area contributed by atoms with E-state index >= 15 is 0 Å². The van der Waals surface area contributed by atoms with E-state index in [0.29, 0.717) is 16.1 Å². The van der Waals surface area contributed by atoms with Crippen molar-refractivity contribution in [2.75, 3.05) is 6.54 Å². The maximum absolute atomic E-state index is 13.2. The van der Waals surface area contributed by atoms with Crippen LogP contribution in [0.25, 0.3) is 0 Å². The summed E-state index contributed by atoms with van der Waals surface area (Å²) in [7, 11) is -3.67. The van der Waals surface area contributed by atoms with Crippen LogP contribution in [0.3, 0.4) is 0 Å². The molecule has 6 heteroatoms. The highest BCUT2D eigenvalue weighted by Crippen LogP contribution is 2.28. The van der Waals surface area contributed by atoms with Crippen LogP contribution in [0.5, 0.6) is 0 Å². The summed E-state index contributed by atoms with van der Waals surface area (Å²) < 4.78 is 26.3. The molecular formula is C21H18ClNO3S. The number of amides is 1. The molecule has 0 saturated heterocycles. The van der Waals surface area contributed by atoms with Gasteiger partial charge in [0.2, 0.25) is 0 Å². The van der Waals surface area contributed by atoms with Gasteiger partial charge in [0.15, 0.2) is 9.84 Å². The second kappa shape index (κ2) is 8.37. The van der Waals surface area contributed by atoms with Gasteiger partial charge in [-0.1, -0.05) is 60.1 Å². The van der Waals surface area contributed by atoms with E-state index in [2.05, 4.69) is 5.32 Å². The Hall–Kier alpha value is -2.63. The van der Waals surface area contributed by atoms with Gasteiger partial charge in [-0.3, -0.25) is 4.79 Å². The third-order valence-electron chi connectivity index (χ3n) is 4.17. The summed E-state index contributed by atoms with van der Waals surface area (Å²) in [5.74, 6) is -0.351. The van der Waals surface area contributed by atoms with Crippen LogP contribution in [0.4, 0.5) is 0 Å². The minimum Gasteiger partial charge on any atom is -0.350 e. The van der Waals surface area contributed by atoms with Crippen LogP contribution in [0.1, 0.15) is 21.2 Å². The number of carbonyl (C=O) groups is 1. The molecule has 0 saturated carbocycles. The highest BCUT2D eigenvalue weighted by atomic mass is 35.5. The van der Waals surface area contributed by atoms with E-state index in [-0.39, 0.29) is 17.3 Å². The Morgan fingerprint density at radius 1 is 0.852 bits per heavy atom. The van der Waals surface area contributed by atoms with Gasteiger partial charge < -0.3 is 5.32 Å². The summed E-state index contributed by atoms with van der Waals surface area (Å²) in [6.45, 7) is -0.0390. The van der Waals surface area contributed by atoms with E-state index in [1.807, 2.05) is 6.07 Å². The lowest BCUT2D eigenvalue weighted by Crippen LogP contribution is -2.32. The summed E-state index contributed by atoms with van der Waals surface area (Å²) in [6, 6.07) is 23.6. The van der Waals surface area contributed by atoms with Crippen molar-refractivity contribution < 1.29 is 13.2 Å². The largest absolute Gasteiger partial charge is 0.350 e. The molecule has 0 aliphatic carbocycles. The second-order valence-corrected chi connectivity index (χ2v) is 8.54. The minimum absolute atomic E-state index is 0.0390. The molecule has 0 spiro atoms. The van der Waals surface area contributed by atoms with Crippen molar-refractivity contribution in [1.29, 1.82) is 0 Å². The number of sulfone groups is 1. The Morgan fingerprint density at radius 3 is 2.00 bits per heavy atom. The fourth-order valence-corrected chi connectivity index (χ4v) is 4.55. The first-order valence-corrected chi connectivity index (χ1v) is 10.3. The standard InChI is InChI=1S/C21H18ClNO3S/c22-18-13-11-17(12-14-18)21(24)23-15-20(16-7-3-1-4-8-16)27(25,26)19-9-5-2-6-10-19/h1-14,20H,15H2,(H,23,24)/t20-/m0/s1. The summed E-state index contributed by atoms with van der Waals surface area (Å²) in [4.78, 5) is 12.6. The molecule has 138 valence electrons. The first-order chi connectivity index (χ1) is 13.0. The van der Waals surface area contributed by atoms with E-state index in [9.17, 15) is 13.2 Å². The number of hydrogen-bond acceptors (Lipinski definition) is 3. The Bertz CT molecular complexity index is 1000. The normalized spacial score (nSPS) is 12.3. The predicted molar refractivity (Wildman–Crippen MR) is 107 cm³/mol. The predicted octanol–water partition coefficient (Wildman–Crippen LogP) is 4.29. The van der Waals surface area contributed by atoms with Gasteiger partial charge in [0, 0.05) is 17.1 Å². The fraction of sp³-hybridized carbons (Fsp3) is 0.0952. The van der Waals surface area contributed by atoms with Gasteiger partial charge in [-0.05, 0) is 42.0 Å². The van der Waals surface area contributed by atoms with Crippen molar-refractivity contribution in [2.45, 2.75) is 10.1 Å². The van der Waals surface area contributed by atoms with Crippen molar-refractivity contribution in [3.8, 4) is 0 Å². The molecule has 0 bridgehead atoms. The second-order valence-electron chi connectivity index (χ2n) is 5.97. The van der Waals surface area contributed by atoms with E-state index in [1.54, 1.807) is 78.9 Å². The van der Waals surface area contributed by atoms with Crippen LogP contribution < -0.4 is 5.32 Å². The summed E-state index contributed by atoms with van der Waals surface area (Å²) >= 11 is 5.84. The zero-order chi connectivity index (χ0) is 19.3. The number of halogens is 1. The third kappa shape index (κ3) is 4.56. The zero-order valence-corrected chi connectivity index (χ0v) is 16.0. The van der Waals surface area contributed by atoms with Gasteiger partial charge in [-0.2, -0.15) is 0 Å². The molecule has 1 amide bonds. The third-order valence-corrected chi connectivity index (χ3v) is 6.54. The molecule has 0 aromatic heterocycles. The first kappa shape index (κ1) is 19.1. The van der Waals surface area contributed by atoms with Crippen molar-refractivity contribution in [3.05, 3.63) is 101 Å². The molecule has 27 heavy (non-hydrogen) atoms. The topological polar surface area (TPSA) is 63.2 Å². The molecule has 1 atom stereocenters. The van der Waals surface area contributed by atoms with Crippen LogP contribution in [0.15, 0.2) is 89.8 Å². The quantitative estimate of drug-likeness (QED) is 0.672. The zero-order valence-electron chi connectivity index (χ0n) is 14.4. The number of rotatable bonds is 6. The molecule has 0 heterocycles. The van der Waals surface area contributed by atoms with E-state index in [0.717, 1.165) is 0 Å². The van der Waals surface area contributed by atoms with Gasteiger partial charge >= 0.3 is 0 Å². The summed E-state index contributed by atoms with van der Waals surface area (Å²) in [6.07, 6.45) is 0. The average molecular weight is 400 g/mol. The Balaban J connectivity index is 1.87. The maximum Gasteiger partial charge on any atom is 0.251 e. The first-order valence-electron chi connectivity index (χ1n) is 8.36. The van der Waals surface area contributed by atoms with Crippen molar-refractivity contribution in [2.24, 2.45) is 0 Å². The van der Waals surface area contributed by atoms with Crippen LogP contribution in [0.2, 0.25) is 5.02 Å². The van der Waals surface area contributed by atoms with E-state index < -0.39 is 15.1 Å². The van der Waals surface area contributed by atoms with Crippen LogP contribution in [-0.2, 0) is 9.84 Å². The van der Waals surface area contributed by atoms with Gasteiger partial charge in [0.1, 0.15) is 5.25 Å². The van der Waals surface area contributed by atoms with Crippen LogP contribution in [0, 0.1) is 0 Å². The molecule has 0 fully saturated rings. The lowest BCUT2D eigenvalue weighted by atomic mass is 10.1. The molecule has 0 aliphatic rings. The molecule has 1 N–H and O–H groups in total. The molecule has 3 aromatic carbocycles. The molecular weight excluding hydrogens is 382 g/mol. The number of nitrogens with one attached hydrogen (secondary N) is 1. The monoisotopic (exact) mass is 399 g/mol. The maximum atomic E-state index is 13.2. The van der Waals surface area contributed by atoms with E-state index in [4.69, 9.17) is 11.6 Å². The molecule has 0 radical (unpaired) electrons. The Morgan fingerprint density at radius 2 is 1.41 bits per heavy atom. The van der Waals surface area contributed by atoms with Gasteiger partial charge in [0.05, 0.1) is 4.90 Å². The highest BCUT2D eigenvalue weighted by Gasteiger charge is 2.29. The molecule has 3 rings (SSSR count). The Kier molecular flexibility index (Phi) is 5.94. The van der Waals surface area contributed by atoms with Gasteiger partial charge in [0.25, 0.3) is 5.91 Å². The van der Waals surface area contributed by atoms with Crippen LogP contribution >= 0.6 is 11.6 Å². The summed E-state index contributed by atoms with van der Waals surface area (Å²) in [5.41, 5.74) is 1.04. The molecule has 0 aliphatic heterocycles. The fourth-order valence-electron chi connectivity index (χ4n) is 2.74. The molecule has 4 nitrogen and oxygen atoms in total. The molecule has 3 aromatic rings. The van der Waals surface area contributed by atoms with Crippen LogP contribution in [-0.4, -0.2) is 20.9 Å². The van der Waals surface area contributed by atoms with Crippen molar-refractivity contribution in [1.82, 2.24) is 5.32 Å². The van der Waals surface area contributed by atoms with Gasteiger partial charge in [-0.15, -0.1) is 0 Å². The Labute approximate surface area is 163 Å². The smallest absolute Gasteiger partial charge is 0.251 e. The SMILES string of the molecule is O=C(NC[C@@H](c1ccccc1)S(=O)(=O)c1ccccc1)c1ccc(Cl)cc1. The lowest BCUT2D eigenvalue weighted by Gasteiger charge is -2.19. The summed E-state index contributed by atoms with van der Waals surface area (Å²) in [5, 5.41) is 2.37. The van der Waals surface area contributed by atoms with Crippen molar-refractivity contribution in [3.63, 3.8) is 0 Å². The number of hydrogen-bond donors (Lipinski definition) is 1. The van der Waals surface area contributed by atoms with Crippen molar-refractivity contribution >= 4 is 27.3 Å². The molecule has 0 unspecified atom stereocenters. The van der Waals surface area contributed by atoms with E-state index in [1.165, 1.54) is 0 Å². The highest BCUT2D eigenvalue weighted by molar-refractivity contribution is 7.91. The minimum atomic E-state index is -3.67. The lowest BCUT2D eigenvalue weighted by molar-refractivity contribution is 0.0953.